The second-order valence-corrected chi connectivity index (χ2v) is 3.57. The molecule has 0 fully saturated rings. The second kappa shape index (κ2) is 5.46. The average molecular weight is 247 g/mol. The zero-order chi connectivity index (χ0) is 13.0. The van der Waals surface area contributed by atoms with Crippen LogP contribution < -0.4 is 4.74 Å². The lowest BCUT2D eigenvalue weighted by atomic mass is 10.2. The molecule has 0 unspecified atom stereocenters. The van der Waals surface area contributed by atoms with Crippen molar-refractivity contribution in [1.82, 2.24) is 4.98 Å². The Hall–Kier alpha value is -2.14. The molecule has 0 radical (unpaired) electrons. The van der Waals surface area contributed by atoms with Crippen molar-refractivity contribution >= 4 is 16.9 Å². The number of esters is 1. The number of methoxy groups -OCH3 is 2. The number of para-hydroxylation sites is 1. The van der Waals surface area contributed by atoms with Crippen molar-refractivity contribution in [3.63, 3.8) is 0 Å². The molecule has 0 spiro atoms. The quantitative estimate of drug-likeness (QED) is 0.611. The second-order valence-electron chi connectivity index (χ2n) is 3.57. The molecule has 1 heterocycles. The van der Waals surface area contributed by atoms with Gasteiger partial charge in [-0.1, -0.05) is 18.2 Å². The fourth-order valence-electron chi connectivity index (χ4n) is 1.58. The molecule has 0 aliphatic heterocycles. The third kappa shape index (κ3) is 2.41. The lowest BCUT2D eigenvalue weighted by Gasteiger charge is -2.08. The molecule has 2 rings (SSSR count). The molecule has 0 saturated heterocycles. The van der Waals surface area contributed by atoms with Gasteiger partial charge in [-0.2, -0.15) is 0 Å². The van der Waals surface area contributed by atoms with E-state index in [1.165, 1.54) is 7.11 Å². The fraction of sp³-hybridized carbons (Fsp3) is 0.231. The molecule has 18 heavy (non-hydrogen) atoms. The summed E-state index contributed by atoms with van der Waals surface area (Å²) in [6.07, 6.45) is 0. The fourth-order valence-corrected chi connectivity index (χ4v) is 1.58. The number of rotatable bonds is 4. The Morgan fingerprint density at radius 2 is 2.06 bits per heavy atom. The van der Waals surface area contributed by atoms with E-state index in [1.54, 1.807) is 25.3 Å². The van der Waals surface area contributed by atoms with Gasteiger partial charge in [-0.05, 0) is 12.1 Å². The molecule has 0 aliphatic rings. The van der Waals surface area contributed by atoms with Gasteiger partial charge < -0.3 is 14.2 Å². The number of ether oxygens (including phenoxy) is 3. The highest BCUT2D eigenvalue weighted by Crippen LogP contribution is 2.24. The normalized spacial score (nSPS) is 10.3. The summed E-state index contributed by atoms with van der Waals surface area (Å²) < 4.78 is 14.9. The molecule has 1 aromatic carbocycles. The monoisotopic (exact) mass is 247 g/mol. The van der Waals surface area contributed by atoms with Gasteiger partial charge in [-0.25, -0.2) is 9.78 Å². The van der Waals surface area contributed by atoms with Crippen LogP contribution in [-0.2, 0) is 9.47 Å². The number of nitrogens with zero attached hydrogens (tertiary/aromatic N) is 1. The molecule has 0 N–H and O–H groups in total. The third-order valence-electron chi connectivity index (χ3n) is 2.41. The van der Waals surface area contributed by atoms with E-state index in [4.69, 9.17) is 9.47 Å². The first-order valence-corrected chi connectivity index (χ1v) is 5.36. The third-order valence-corrected chi connectivity index (χ3v) is 2.41. The maximum atomic E-state index is 11.4. The summed E-state index contributed by atoms with van der Waals surface area (Å²) in [5.41, 5.74) is 0.857. The SMILES string of the molecule is COCOc1cccc2ccc(C(=O)OC)nc12. The molecule has 2 aromatic rings. The Bertz CT molecular complexity index is 568. The van der Waals surface area contributed by atoms with Gasteiger partial charge in [-0.15, -0.1) is 0 Å². The average Bonchev–Trinajstić information content (AvgIpc) is 2.43. The van der Waals surface area contributed by atoms with Crippen molar-refractivity contribution in [2.24, 2.45) is 0 Å². The van der Waals surface area contributed by atoms with E-state index in [1.807, 2.05) is 12.1 Å². The van der Waals surface area contributed by atoms with Crippen LogP contribution in [0.3, 0.4) is 0 Å². The molecule has 0 atom stereocenters. The molecular formula is C13H13NO4. The van der Waals surface area contributed by atoms with Crippen LogP contribution in [0.5, 0.6) is 5.75 Å². The predicted octanol–water partition coefficient (Wildman–Crippen LogP) is 2.00. The first-order chi connectivity index (χ1) is 8.76. The summed E-state index contributed by atoms with van der Waals surface area (Å²) in [4.78, 5) is 15.7. The minimum atomic E-state index is -0.474. The predicted molar refractivity (Wildman–Crippen MR) is 65.6 cm³/mol. The lowest BCUT2D eigenvalue weighted by molar-refractivity contribution is 0.0521. The highest BCUT2D eigenvalue weighted by molar-refractivity contribution is 5.92. The Morgan fingerprint density at radius 1 is 1.22 bits per heavy atom. The number of benzene rings is 1. The van der Waals surface area contributed by atoms with Crippen LogP contribution >= 0.6 is 0 Å². The summed E-state index contributed by atoms with van der Waals surface area (Å²) in [5.74, 6) is 0.0959. The van der Waals surface area contributed by atoms with Crippen molar-refractivity contribution in [3.8, 4) is 5.75 Å². The lowest BCUT2D eigenvalue weighted by Crippen LogP contribution is -2.05. The number of hydrogen-bond acceptors (Lipinski definition) is 5. The molecule has 94 valence electrons. The minimum absolute atomic E-state index is 0.128. The molecule has 5 heteroatoms. The van der Waals surface area contributed by atoms with Gasteiger partial charge in [0.25, 0.3) is 0 Å². The van der Waals surface area contributed by atoms with Crippen LogP contribution in [-0.4, -0.2) is 32.0 Å². The Kier molecular flexibility index (Phi) is 3.74. The summed E-state index contributed by atoms with van der Waals surface area (Å²) in [6, 6.07) is 8.94. The smallest absolute Gasteiger partial charge is 0.356 e. The summed E-state index contributed by atoms with van der Waals surface area (Å²) in [7, 11) is 2.86. The van der Waals surface area contributed by atoms with Gasteiger partial charge in [0.05, 0.1) is 7.11 Å². The number of aromatic nitrogens is 1. The van der Waals surface area contributed by atoms with E-state index in [2.05, 4.69) is 9.72 Å². The van der Waals surface area contributed by atoms with Crippen LogP contribution in [0.1, 0.15) is 10.5 Å². The largest absolute Gasteiger partial charge is 0.465 e. The van der Waals surface area contributed by atoms with Crippen molar-refractivity contribution in [3.05, 3.63) is 36.0 Å². The van der Waals surface area contributed by atoms with E-state index in [0.717, 1.165) is 5.39 Å². The molecule has 0 amide bonds. The van der Waals surface area contributed by atoms with Crippen LogP contribution in [0.15, 0.2) is 30.3 Å². The molecular weight excluding hydrogens is 234 g/mol. The molecule has 0 aliphatic carbocycles. The first kappa shape index (κ1) is 12.3. The van der Waals surface area contributed by atoms with Crippen molar-refractivity contribution < 1.29 is 19.0 Å². The summed E-state index contributed by atoms with van der Waals surface area (Å²) in [5, 5.41) is 0.885. The van der Waals surface area contributed by atoms with Crippen molar-refractivity contribution in [1.29, 1.82) is 0 Å². The Morgan fingerprint density at radius 3 is 2.78 bits per heavy atom. The Balaban J connectivity index is 2.47. The van der Waals surface area contributed by atoms with Crippen molar-refractivity contribution in [2.75, 3.05) is 21.0 Å². The number of hydrogen-bond donors (Lipinski definition) is 0. The number of carbonyl (C=O) groups is 1. The zero-order valence-electron chi connectivity index (χ0n) is 10.2. The van der Waals surface area contributed by atoms with Gasteiger partial charge >= 0.3 is 5.97 Å². The molecule has 0 saturated carbocycles. The highest BCUT2D eigenvalue weighted by atomic mass is 16.7. The molecule has 5 nitrogen and oxygen atoms in total. The van der Waals surface area contributed by atoms with E-state index < -0.39 is 5.97 Å². The van der Waals surface area contributed by atoms with Crippen LogP contribution in [0, 0.1) is 0 Å². The van der Waals surface area contributed by atoms with E-state index in [0.29, 0.717) is 11.3 Å². The van der Waals surface area contributed by atoms with E-state index >= 15 is 0 Å². The Labute approximate surface area is 104 Å². The van der Waals surface area contributed by atoms with Crippen LogP contribution in [0.4, 0.5) is 0 Å². The molecule has 1 aromatic heterocycles. The van der Waals surface area contributed by atoms with Gasteiger partial charge in [0, 0.05) is 12.5 Å². The maximum Gasteiger partial charge on any atom is 0.356 e. The van der Waals surface area contributed by atoms with Gasteiger partial charge in [0.2, 0.25) is 0 Å². The number of fused-ring (bicyclic) bond motifs is 1. The van der Waals surface area contributed by atoms with Gasteiger partial charge in [-0.3, -0.25) is 0 Å². The van der Waals surface area contributed by atoms with Crippen molar-refractivity contribution in [2.45, 2.75) is 0 Å². The van der Waals surface area contributed by atoms with Crippen LogP contribution in [0.2, 0.25) is 0 Å². The number of carbonyl (C=O) groups excluding carboxylic acids is 1. The van der Waals surface area contributed by atoms with Gasteiger partial charge in [0.1, 0.15) is 17.0 Å². The maximum absolute atomic E-state index is 11.4. The summed E-state index contributed by atoms with van der Waals surface area (Å²) in [6.45, 7) is 0.128. The topological polar surface area (TPSA) is 57.7 Å². The van der Waals surface area contributed by atoms with Crippen LogP contribution in [0.25, 0.3) is 10.9 Å². The van der Waals surface area contributed by atoms with E-state index in [9.17, 15) is 4.79 Å². The summed E-state index contributed by atoms with van der Waals surface area (Å²) >= 11 is 0. The highest BCUT2D eigenvalue weighted by Gasteiger charge is 2.10. The zero-order valence-corrected chi connectivity index (χ0v) is 10.2. The first-order valence-electron chi connectivity index (χ1n) is 5.36. The molecule has 0 bridgehead atoms. The standard InChI is InChI=1S/C13H13NO4/c1-16-8-18-11-5-3-4-9-6-7-10(13(15)17-2)14-12(9)11/h3-7H,8H2,1-2H3. The van der Waals surface area contributed by atoms with Gasteiger partial charge in [0.15, 0.2) is 6.79 Å². The minimum Gasteiger partial charge on any atom is -0.465 e. The number of pyridine rings is 1. The van der Waals surface area contributed by atoms with E-state index in [-0.39, 0.29) is 12.5 Å².